The molecule has 6 heterocycles. The molecule has 4 aliphatic heterocycles. The zero-order chi connectivity index (χ0) is 49.8. The predicted molar refractivity (Wildman–Crippen MR) is 260 cm³/mol. The smallest absolute Gasteiger partial charge is 0.325 e. The second-order valence-electron chi connectivity index (χ2n) is 19.4. The molecule has 2 aromatic carbocycles. The molecule has 2 aromatic heterocycles. The van der Waals surface area contributed by atoms with Crippen LogP contribution in [0.4, 0.5) is 21.0 Å². The molecule has 0 spiro atoms. The summed E-state index contributed by atoms with van der Waals surface area (Å²) in [5, 5.41) is 28.8. The largest absolute Gasteiger partial charge is 0.386 e. The van der Waals surface area contributed by atoms with Crippen molar-refractivity contribution in [2.45, 2.75) is 98.2 Å². The maximum Gasteiger partial charge on any atom is 0.325 e. The van der Waals surface area contributed by atoms with Gasteiger partial charge >= 0.3 is 12.1 Å². The lowest BCUT2D eigenvalue weighted by Gasteiger charge is -2.44. The molecule has 2 atom stereocenters. The molecule has 0 unspecified atom stereocenters. The van der Waals surface area contributed by atoms with Gasteiger partial charge in [-0.05, 0) is 114 Å². The van der Waals surface area contributed by atoms with Crippen LogP contribution in [0.1, 0.15) is 66.5 Å². The Balaban J connectivity index is 0.000000201. The number of imide groups is 2. The van der Waals surface area contributed by atoms with Crippen molar-refractivity contribution in [3.05, 3.63) is 94.7 Å². The van der Waals surface area contributed by atoms with Gasteiger partial charge < -0.3 is 29.8 Å². The summed E-state index contributed by atoms with van der Waals surface area (Å²) < 4.78 is 56.3. The van der Waals surface area contributed by atoms with Gasteiger partial charge in [0.1, 0.15) is 19.5 Å². The molecule has 18 nitrogen and oxygen atoms in total. The SMILES string of the molecule is CC(C)(O)c1ccc(N2CCN(S(=O)(=O)c3cccs3)C[C@@H]2CN2C(=O)NC(=O)C2(C)C)cc1.CC(C)(O)c1ccc(N2CCN(S(=O)(=O)c3cccs3)C[C@@H]2CN2C(=O)NC(=O)C2(C)C)cc1. The molecular formula is C46H60N8O10S4. The Morgan fingerprint density at radius 3 is 1.18 bits per heavy atom. The Labute approximate surface area is 406 Å². The summed E-state index contributed by atoms with van der Waals surface area (Å²) >= 11 is 2.35. The molecule has 0 radical (unpaired) electrons. The number of sulfonamides is 2. The van der Waals surface area contributed by atoms with Crippen LogP contribution in [0.2, 0.25) is 0 Å². The van der Waals surface area contributed by atoms with Crippen LogP contribution in [0.15, 0.2) is 92.0 Å². The van der Waals surface area contributed by atoms with Crippen LogP contribution < -0.4 is 20.4 Å². The Hall–Kier alpha value is -4.94. The molecule has 4 aromatic rings. The zero-order valence-electron chi connectivity index (χ0n) is 39.4. The van der Waals surface area contributed by atoms with Crippen molar-refractivity contribution in [3.63, 3.8) is 0 Å². The molecule has 0 aliphatic carbocycles. The minimum absolute atomic E-state index is 0.168. The fraction of sp³-hybridized carbons (Fsp3) is 0.478. The number of carbonyl (C=O) groups is 4. The van der Waals surface area contributed by atoms with E-state index in [0.717, 1.165) is 22.5 Å². The number of amides is 6. The highest BCUT2D eigenvalue weighted by Gasteiger charge is 2.49. The number of urea groups is 2. The predicted octanol–water partition coefficient (Wildman–Crippen LogP) is 4.37. The van der Waals surface area contributed by atoms with Crippen molar-refractivity contribution in [2.75, 3.05) is 62.2 Å². The van der Waals surface area contributed by atoms with E-state index in [1.807, 2.05) is 48.5 Å². The number of nitrogens with zero attached hydrogens (tertiary/aromatic N) is 6. The van der Waals surface area contributed by atoms with Crippen molar-refractivity contribution in [2.24, 2.45) is 0 Å². The summed E-state index contributed by atoms with van der Waals surface area (Å²) in [5.41, 5.74) is -0.808. The Morgan fingerprint density at radius 2 is 0.912 bits per heavy atom. The van der Waals surface area contributed by atoms with E-state index in [-0.39, 0.29) is 58.5 Å². The number of benzene rings is 2. The summed E-state index contributed by atoms with van der Waals surface area (Å²) in [4.78, 5) is 56.8. The monoisotopic (exact) mass is 1010 g/mol. The van der Waals surface area contributed by atoms with E-state index in [9.17, 15) is 46.2 Å². The summed E-state index contributed by atoms with van der Waals surface area (Å²) in [7, 11) is -7.33. The van der Waals surface area contributed by atoms with Crippen LogP contribution in [0.25, 0.3) is 0 Å². The third kappa shape index (κ3) is 10.2. The second kappa shape index (κ2) is 18.8. The number of carbonyl (C=O) groups excluding carboxylic acids is 4. The fourth-order valence-electron chi connectivity index (χ4n) is 8.71. The molecule has 4 N–H and O–H groups in total. The third-order valence-electron chi connectivity index (χ3n) is 13.1. The highest BCUT2D eigenvalue weighted by molar-refractivity contribution is 7.91. The van der Waals surface area contributed by atoms with E-state index in [2.05, 4.69) is 20.4 Å². The Kier molecular flexibility index (Phi) is 14.0. The first kappa shape index (κ1) is 50.9. The summed E-state index contributed by atoms with van der Waals surface area (Å²) in [6.45, 7) is 15.7. The molecular weight excluding hydrogens is 953 g/mol. The molecule has 22 heteroatoms. The van der Waals surface area contributed by atoms with Gasteiger partial charge in [0, 0.05) is 63.7 Å². The lowest BCUT2D eigenvalue weighted by atomic mass is 9.97. The number of hydrogen-bond acceptors (Lipinski definition) is 14. The first-order valence-corrected chi connectivity index (χ1v) is 26.8. The standard InChI is InChI=1S/2C23H30N4O5S2/c2*1-22(2)20(28)24-21(29)27(22)15-18-14-25(34(31,32)19-6-5-13-33-19)11-12-26(18)17-9-7-16(8-10-17)23(3,4)30/h2*5-10,13,18,30H,11-12,14-15H2,1-4H3,(H,24,28,29)/t2*18-/m11/s1. The molecule has 4 saturated heterocycles. The number of aliphatic hydroxyl groups is 2. The van der Waals surface area contributed by atoms with Crippen molar-refractivity contribution < 1.29 is 46.2 Å². The topological polar surface area (TPSA) is 221 Å². The summed E-state index contributed by atoms with van der Waals surface area (Å²) in [6, 6.07) is 19.8. The normalized spacial score (nSPS) is 21.7. The maximum absolute atomic E-state index is 13.2. The van der Waals surface area contributed by atoms with E-state index < -0.39 is 54.4 Å². The maximum atomic E-state index is 13.2. The van der Waals surface area contributed by atoms with Gasteiger partial charge in [0.25, 0.3) is 31.9 Å². The van der Waals surface area contributed by atoms with Crippen molar-refractivity contribution in [1.82, 2.24) is 29.0 Å². The van der Waals surface area contributed by atoms with Crippen molar-refractivity contribution in [3.8, 4) is 0 Å². The van der Waals surface area contributed by atoms with E-state index in [1.165, 1.54) is 41.1 Å². The minimum atomic E-state index is -3.66. The minimum Gasteiger partial charge on any atom is -0.386 e. The second-order valence-corrected chi connectivity index (χ2v) is 25.6. The number of thiophene rings is 2. The van der Waals surface area contributed by atoms with Gasteiger partial charge in [0.15, 0.2) is 0 Å². The van der Waals surface area contributed by atoms with Gasteiger partial charge in [0.2, 0.25) is 0 Å². The quantitative estimate of drug-likeness (QED) is 0.146. The molecule has 0 saturated carbocycles. The van der Waals surface area contributed by atoms with Crippen LogP contribution in [-0.2, 0) is 40.8 Å². The Morgan fingerprint density at radius 1 is 0.574 bits per heavy atom. The van der Waals surface area contributed by atoms with Crippen LogP contribution in [0.5, 0.6) is 0 Å². The first-order valence-electron chi connectivity index (χ1n) is 22.2. The van der Waals surface area contributed by atoms with Crippen LogP contribution in [0, 0.1) is 0 Å². The lowest BCUT2D eigenvalue weighted by molar-refractivity contribution is -0.125. The van der Waals surface area contributed by atoms with Crippen molar-refractivity contribution in [1.29, 1.82) is 0 Å². The molecule has 4 fully saturated rings. The highest BCUT2D eigenvalue weighted by atomic mass is 32.3. The summed E-state index contributed by atoms with van der Waals surface area (Å²) in [5.74, 6) is -0.755. The van der Waals surface area contributed by atoms with Gasteiger partial charge in [-0.3, -0.25) is 20.2 Å². The Bertz CT molecular complexity index is 2530. The van der Waals surface area contributed by atoms with E-state index in [1.54, 1.807) is 90.4 Å². The van der Waals surface area contributed by atoms with Crippen LogP contribution >= 0.6 is 22.7 Å². The van der Waals surface area contributed by atoms with Crippen molar-refractivity contribution >= 4 is 78.0 Å². The average molecular weight is 1010 g/mol. The van der Waals surface area contributed by atoms with Gasteiger partial charge in [-0.25, -0.2) is 26.4 Å². The molecule has 4 aliphatic rings. The van der Waals surface area contributed by atoms with Crippen LogP contribution in [0.3, 0.4) is 0 Å². The lowest BCUT2D eigenvalue weighted by Crippen LogP contribution is -2.60. The molecule has 0 bridgehead atoms. The molecule has 68 heavy (non-hydrogen) atoms. The highest BCUT2D eigenvalue weighted by Crippen LogP contribution is 2.33. The number of piperazine rings is 2. The molecule has 8 rings (SSSR count). The van der Waals surface area contributed by atoms with Gasteiger partial charge in [0.05, 0.1) is 23.3 Å². The summed E-state index contributed by atoms with van der Waals surface area (Å²) in [6.07, 6.45) is 0. The fourth-order valence-corrected chi connectivity index (χ4v) is 13.9. The number of hydrogen-bond donors (Lipinski definition) is 4. The first-order chi connectivity index (χ1) is 31.6. The van der Waals surface area contributed by atoms with E-state index >= 15 is 0 Å². The van der Waals surface area contributed by atoms with Gasteiger partial charge in [-0.2, -0.15) is 8.61 Å². The van der Waals surface area contributed by atoms with E-state index in [0.29, 0.717) is 26.2 Å². The number of anilines is 2. The zero-order valence-corrected chi connectivity index (χ0v) is 42.6. The molecule has 6 amide bonds. The van der Waals surface area contributed by atoms with Crippen LogP contribution in [-0.4, -0.2) is 145 Å². The molecule has 368 valence electrons. The van der Waals surface area contributed by atoms with E-state index in [4.69, 9.17) is 0 Å². The number of rotatable bonds is 12. The van der Waals surface area contributed by atoms with Gasteiger partial charge in [-0.15, -0.1) is 22.7 Å². The third-order valence-corrected chi connectivity index (χ3v) is 19.5. The average Bonchev–Trinajstić information content (AvgIpc) is 4.09. The van der Waals surface area contributed by atoms with Gasteiger partial charge in [-0.1, -0.05) is 36.4 Å². The number of nitrogens with one attached hydrogen (secondary N) is 2.